The molecule has 0 bridgehead atoms. The lowest BCUT2D eigenvalue weighted by molar-refractivity contribution is 0.102. The molecule has 2 aromatic rings. The van der Waals surface area contributed by atoms with Gasteiger partial charge in [0.2, 0.25) is 0 Å². The van der Waals surface area contributed by atoms with Crippen molar-refractivity contribution >= 4 is 51.7 Å². The Balaban J connectivity index is 1.92. The highest BCUT2D eigenvalue weighted by Gasteiger charge is 2.30. The third kappa shape index (κ3) is 3.95. The maximum Gasteiger partial charge on any atom is 0.258 e. The van der Waals surface area contributed by atoms with Crippen LogP contribution < -0.4 is 11.1 Å². The first-order valence-corrected chi connectivity index (χ1v) is 9.43. The van der Waals surface area contributed by atoms with Crippen LogP contribution in [0, 0.1) is 5.82 Å². The summed E-state index contributed by atoms with van der Waals surface area (Å²) >= 11 is 13.3. The van der Waals surface area contributed by atoms with E-state index in [1.807, 2.05) is 6.92 Å². The summed E-state index contributed by atoms with van der Waals surface area (Å²) in [4.78, 5) is 20.8. The maximum absolute atomic E-state index is 14.2. The van der Waals surface area contributed by atoms with Crippen LogP contribution in [-0.2, 0) is 5.54 Å². The molecule has 0 saturated carbocycles. The van der Waals surface area contributed by atoms with Crippen molar-refractivity contribution in [1.82, 2.24) is 4.98 Å². The Morgan fingerprint density at radius 3 is 2.88 bits per heavy atom. The van der Waals surface area contributed by atoms with Crippen LogP contribution in [0.25, 0.3) is 0 Å². The minimum Gasteiger partial charge on any atom is -0.379 e. The lowest BCUT2D eigenvalue weighted by atomic mass is 9.89. The molecular formula is C17H15Cl2FN4OS. The number of amides is 1. The molecule has 1 atom stereocenters. The Morgan fingerprint density at radius 2 is 2.15 bits per heavy atom. The summed E-state index contributed by atoms with van der Waals surface area (Å²) in [5, 5.41) is 3.25. The van der Waals surface area contributed by atoms with Crippen LogP contribution in [0.3, 0.4) is 0 Å². The number of nitrogens with two attached hydrogens (primary N) is 1. The number of carbonyl (C=O) groups is 1. The van der Waals surface area contributed by atoms with E-state index in [2.05, 4.69) is 15.3 Å². The summed E-state index contributed by atoms with van der Waals surface area (Å²) in [6.45, 7) is 1.93. The van der Waals surface area contributed by atoms with Gasteiger partial charge < -0.3 is 11.1 Å². The quantitative estimate of drug-likeness (QED) is 0.729. The second-order valence-electron chi connectivity index (χ2n) is 5.96. The van der Waals surface area contributed by atoms with Gasteiger partial charge >= 0.3 is 0 Å². The smallest absolute Gasteiger partial charge is 0.258 e. The van der Waals surface area contributed by atoms with Crippen LogP contribution in [0.5, 0.6) is 0 Å². The molecule has 0 fully saturated rings. The van der Waals surface area contributed by atoms with Gasteiger partial charge in [0.25, 0.3) is 5.91 Å². The fraction of sp³-hybridized carbons (Fsp3) is 0.235. The Morgan fingerprint density at radius 1 is 1.38 bits per heavy atom. The van der Waals surface area contributed by atoms with Crippen molar-refractivity contribution in [3.8, 4) is 0 Å². The molecule has 0 aliphatic carbocycles. The number of amidine groups is 1. The number of hydrogen-bond donors (Lipinski definition) is 2. The van der Waals surface area contributed by atoms with Crippen molar-refractivity contribution in [3.05, 3.63) is 57.6 Å². The molecular weight excluding hydrogens is 398 g/mol. The van der Waals surface area contributed by atoms with Gasteiger partial charge in [0.1, 0.15) is 11.0 Å². The predicted molar refractivity (Wildman–Crippen MR) is 105 cm³/mol. The Labute approximate surface area is 164 Å². The second-order valence-corrected chi connectivity index (χ2v) is 7.87. The minimum atomic E-state index is -0.603. The fourth-order valence-corrected chi connectivity index (χ4v) is 3.94. The average molecular weight is 413 g/mol. The van der Waals surface area contributed by atoms with E-state index in [1.165, 1.54) is 30.1 Å². The molecule has 1 aromatic carbocycles. The zero-order valence-electron chi connectivity index (χ0n) is 13.7. The number of halogens is 3. The highest BCUT2D eigenvalue weighted by atomic mass is 35.5. The van der Waals surface area contributed by atoms with Gasteiger partial charge in [-0.2, -0.15) is 0 Å². The van der Waals surface area contributed by atoms with E-state index >= 15 is 0 Å². The lowest BCUT2D eigenvalue weighted by Gasteiger charge is -2.30. The van der Waals surface area contributed by atoms with E-state index < -0.39 is 17.3 Å². The van der Waals surface area contributed by atoms with Crippen molar-refractivity contribution in [2.75, 3.05) is 11.1 Å². The van der Waals surface area contributed by atoms with Gasteiger partial charge in [0.05, 0.1) is 21.8 Å². The van der Waals surface area contributed by atoms with E-state index in [4.69, 9.17) is 28.9 Å². The maximum atomic E-state index is 14.2. The lowest BCUT2D eigenvalue weighted by Crippen LogP contribution is -2.29. The predicted octanol–water partition coefficient (Wildman–Crippen LogP) is 4.45. The van der Waals surface area contributed by atoms with Crippen LogP contribution in [0.1, 0.15) is 29.3 Å². The third-order valence-electron chi connectivity index (χ3n) is 4.08. The molecule has 1 aliphatic rings. The zero-order valence-corrected chi connectivity index (χ0v) is 16.1. The molecule has 26 heavy (non-hydrogen) atoms. The molecule has 0 spiro atoms. The number of pyridine rings is 1. The number of nitrogens with zero attached hydrogens (tertiary/aromatic N) is 2. The number of carbonyl (C=O) groups excluding carboxylic acids is 1. The monoisotopic (exact) mass is 412 g/mol. The second kappa shape index (κ2) is 7.42. The van der Waals surface area contributed by atoms with Gasteiger partial charge in [-0.15, -0.1) is 0 Å². The molecule has 5 nitrogen and oxygen atoms in total. The molecule has 2 heterocycles. The summed E-state index contributed by atoms with van der Waals surface area (Å²) in [5.41, 5.74) is 6.11. The van der Waals surface area contributed by atoms with E-state index in [0.717, 1.165) is 17.7 Å². The normalized spacial score (nSPS) is 19.8. The van der Waals surface area contributed by atoms with Gasteiger partial charge in [0.15, 0.2) is 5.17 Å². The number of nitrogens with one attached hydrogen (secondary N) is 1. The van der Waals surface area contributed by atoms with Gasteiger partial charge in [-0.3, -0.25) is 9.79 Å². The summed E-state index contributed by atoms with van der Waals surface area (Å²) < 4.78 is 14.2. The fourth-order valence-electron chi connectivity index (χ4n) is 2.62. The molecule has 1 amide bonds. The van der Waals surface area contributed by atoms with Crippen molar-refractivity contribution in [3.63, 3.8) is 0 Å². The number of benzene rings is 1. The number of aromatic nitrogens is 1. The Bertz CT molecular complexity index is 908. The minimum absolute atomic E-state index is 0.0166. The first-order valence-electron chi connectivity index (χ1n) is 7.69. The summed E-state index contributed by atoms with van der Waals surface area (Å²) in [5.74, 6) is -0.360. The number of aliphatic imine (C=N–C) groups is 1. The van der Waals surface area contributed by atoms with E-state index in [-0.39, 0.29) is 21.4 Å². The molecule has 0 radical (unpaired) electrons. The van der Waals surface area contributed by atoms with Crippen molar-refractivity contribution in [1.29, 1.82) is 0 Å². The van der Waals surface area contributed by atoms with Crippen molar-refractivity contribution in [2.24, 2.45) is 10.7 Å². The molecule has 0 saturated heterocycles. The Hall–Kier alpha value is -1.83. The number of hydrogen-bond acceptors (Lipinski definition) is 5. The van der Waals surface area contributed by atoms with E-state index in [1.54, 1.807) is 12.1 Å². The molecule has 3 N–H and O–H groups in total. The molecule has 1 aromatic heterocycles. The summed E-state index contributed by atoms with van der Waals surface area (Å²) in [6.07, 6.45) is 2.08. The average Bonchev–Trinajstić information content (AvgIpc) is 2.58. The first kappa shape index (κ1) is 18.9. The number of anilines is 1. The SMILES string of the molecule is CC1(c2ccc(F)c(NC(=O)c3cc(Cl)cnc3Cl)c2)CCSC(N)=N1. The van der Waals surface area contributed by atoms with Crippen molar-refractivity contribution < 1.29 is 9.18 Å². The number of thioether (sulfide) groups is 1. The van der Waals surface area contributed by atoms with Crippen molar-refractivity contribution in [2.45, 2.75) is 18.9 Å². The summed E-state index contributed by atoms with van der Waals surface area (Å²) in [7, 11) is 0. The molecule has 1 unspecified atom stereocenters. The molecule has 1 aliphatic heterocycles. The van der Waals surface area contributed by atoms with Crippen LogP contribution in [0.15, 0.2) is 35.5 Å². The van der Waals surface area contributed by atoms with Crippen LogP contribution in [0.4, 0.5) is 10.1 Å². The highest BCUT2D eigenvalue weighted by Crippen LogP contribution is 2.36. The largest absolute Gasteiger partial charge is 0.379 e. The third-order valence-corrected chi connectivity index (χ3v) is 5.39. The summed E-state index contributed by atoms with van der Waals surface area (Å²) in [6, 6.07) is 5.87. The van der Waals surface area contributed by atoms with Gasteiger partial charge in [0, 0.05) is 11.9 Å². The van der Waals surface area contributed by atoms with Gasteiger partial charge in [-0.05, 0) is 37.1 Å². The molecule has 9 heteroatoms. The van der Waals surface area contributed by atoms with Crippen LogP contribution in [-0.4, -0.2) is 21.8 Å². The topological polar surface area (TPSA) is 80.4 Å². The standard InChI is InChI=1S/C17H15Cl2FN4OS/c1-17(4-5-26-16(21)24-17)9-2-3-12(20)13(6-9)23-15(25)11-7-10(18)8-22-14(11)19/h2-3,6-8H,4-5H2,1H3,(H2,21,24)(H,23,25). The number of rotatable bonds is 3. The Kier molecular flexibility index (Phi) is 5.41. The molecule has 136 valence electrons. The van der Waals surface area contributed by atoms with Gasteiger partial charge in [-0.1, -0.05) is 41.0 Å². The van der Waals surface area contributed by atoms with E-state index in [9.17, 15) is 9.18 Å². The van der Waals surface area contributed by atoms with Gasteiger partial charge in [-0.25, -0.2) is 9.37 Å². The zero-order chi connectivity index (χ0) is 18.9. The van der Waals surface area contributed by atoms with E-state index in [0.29, 0.717) is 5.17 Å². The van der Waals surface area contributed by atoms with Crippen LogP contribution in [0.2, 0.25) is 10.2 Å². The highest BCUT2D eigenvalue weighted by molar-refractivity contribution is 8.13. The van der Waals surface area contributed by atoms with Crippen LogP contribution >= 0.6 is 35.0 Å². The molecule has 3 rings (SSSR count). The first-order chi connectivity index (χ1) is 12.3.